The molecular formula is C13H16N4. The van der Waals surface area contributed by atoms with Crippen LogP contribution in [0.4, 0.5) is 5.95 Å². The average molecular weight is 228 g/mol. The Morgan fingerprint density at radius 3 is 3.06 bits per heavy atom. The molecule has 0 atom stereocenters. The van der Waals surface area contributed by atoms with Crippen molar-refractivity contribution in [3.05, 3.63) is 42.0 Å². The highest BCUT2D eigenvalue weighted by Gasteiger charge is 2.25. The molecule has 0 aliphatic heterocycles. The van der Waals surface area contributed by atoms with E-state index in [9.17, 15) is 0 Å². The van der Waals surface area contributed by atoms with Gasteiger partial charge in [0.1, 0.15) is 0 Å². The zero-order chi connectivity index (χ0) is 11.7. The van der Waals surface area contributed by atoms with Crippen LogP contribution in [-0.2, 0) is 6.54 Å². The summed E-state index contributed by atoms with van der Waals surface area (Å²) < 4.78 is 2.23. The number of nitrogens with one attached hydrogen (secondary N) is 1. The van der Waals surface area contributed by atoms with Crippen LogP contribution in [0.15, 0.2) is 30.9 Å². The van der Waals surface area contributed by atoms with Gasteiger partial charge < -0.3 is 9.88 Å². The molecule has 0 amide bonds. The lowest BCUT2D eigenvalue weighted by molar-refractivity contribution is 0.743. The van der Waals surface area contributed by atoms with Crippen molar-refractivity contribution in [2.75, 3.05) is 5.32 Å². The SMILES string of the molecule is Cc1cnccc1CNc1nccn1C1CC1. The summed E-state index contributed by atoms with van der Waals surface area (Å²) in [4.78, 5) is 8.46. The first kappa shape index (κ1) is 10.3. The van der Waals surface area contributed by atoms with Crippen LogP contribution in [0.25, 0.3) is 0 Å². The maximum atomic E-state index is 4.36. The van der Waals surface area contributed by atoms with Crippen molar-refractivity contribution in [2.45, 2.75) is 32.4 Å². The van der Waals surface area contributed by atoms with E-state index >= 15 is 0 Å². The third kappa shape index (κ3) is 2.16. The molecule has 0 aromatic carbocycles. The standard InChI is InChI=1S/C13H16N4/c1-10-8-14-5-4-11(10)9-16-13-15-6-7-17(13)12-2-3-12/h4-8,12H,2-3,9H2,1H3,(H,15,16). The Hall–Kier alpha value is -1.84. The van der Waals surface area contributed by atoms with Crippen molar-refractivity contribution >= 4 is 5.95 Å². The Kier molecular flexibility index (Phi) is 2.55. The second-order valence-corrected chi connectivity index (χ2v) is 4.55. The van der Waals surface area contributed by atoms with Crippen molar-refractivity contribution in [3.8, 4) is 0 Å². The number of nitrogens with zero attached hydrogens (tertiary/aromatic N) is 3. The lowest BCUT2D eigenvalue weighted by atomic mass is 10.1. The summed E-state index contributed by atoms with van der Waals surface area (Å²) in [5.74, 6) is 0.976. The van der Waals surface area contributed by atoms with Crippen molar-refractivity contribution in [1.82, 2.24) is 14.5 Å². The predicted molar refractivity (Wildman–Crippen MR) is 66.8 cm³/mol. The summed E-state index contributed by atoms with van der Waals surface area (Å²) >= 11 is 0. The number of imidazole rings is 1. The first-order chi connectivity index (χ1) is 8.34. The topological polar surface area (TPSA) is 42.7 Å². The third-order valence-corrected chi connectivity index (χ3v) is 3.18. The molecule has 0 radical (unpaired) electrons. The smallest absolute Gasteiger partial charge is 0.203 e. The summed E-state index contributed by atoms with van der Waals surface area (Å²) in [5, 5.41) is 3.40. The highest BCUT2D eigenvalue weighted by molar-refractivity contribution is 5.32. The summed E-state index contributed by atoms with van der Waals surface area (Å²) in [6.45, 7) is 2.88. The molecule has 17 heavy (non-hydrogen) atoms. The van der Waals surface area contributed by atoms with E-state index in [1.54, 1.807) is 0 Å². The summed E-state index contributed by atoms with van der Waals surface area (Å²) in [6, 6.07) is 2.71. The highest BCUT2D eigenvalue weighted by atomic mass is 15.2. The Labute approximate surface area is 101 Å². The van der Waals surface area contributed by atoms with E-state index in [1.807, 2.05) is 24.7 Å². The lowest BCUT2D eigenvalue weighted by Crippen LogP contribution is -2.07. The molecule has 88 valence electrons. The first-order valence-electron chi connectivity index (χ1n) is 6.01. The second-order valence-electron chi connectivity index (χ2n) is 4.55. The molecule has 1 aliphatic rings. The Bertz CT molecular complexity index is 514. The maximum absolute atomic E-state index is 4.36. The fraction of sp³-hybridized carbons (Fsp3) is 0.385. The molecule has 2 heterocycles. The molecule has 3 rings (SSSR count). The van der Waals surface area contributed by atoms with E-state index in [1.165, 1.54) is 24.0 Å². The van der Waals surface area contributed by atoms with Crippen LogP contribution in [0.1, 0.15) is 30.0 Å². The van der Waals surface area contributed by atoms with Gasteiger partial charge in [-0.3, -0.25) is 4.98 Å². The lowest BCUT2D eigenvalue weighted by Gasteiger charge is -2.10. The number of pyridine rings is 1. The number of hydrogen-bond donors (Lipinski definition) is 1. The van der Waals surface area contributed by atoms with E-state index in [2.05, 4.69) is 33.0 Å². The van der Waals surface area contributed by atoms with Gasteiger partial charge in [-0.05, 0) is 37.0 Å². The molecule has 1 saturated carbocycles. The molecule has 0 unspecified atom stereocenters. The minimum absolute atomic E-state index is 0.665. The minimum atomic E-state index is 0.665. The molecule has 2 aromatic heterocycles. The van der Waals surface area contributed by atoms with Crippen molar-refractivity contribution in [2.24, 2.45) is 0 Å². The third-order valence-electron chi connectivity index (χ3n) is 3.18. The molecule has 2 aromatic rings. The predicted octanol–water partition coefficient (Wildman–Crippen LogP) is 2.53. The minimum Gasteiger partial charge on any atom is -0.352 e. The number of aryl methyl sites for hydroxylation is 1. The van der Waals surface area contributed by atoms with E-state index in [0.29, 0.717) is 6.04 Å². The molecule has 4 heteroatoms. The zero-order valence-corrected chi connectivity index (χ0v) is 9.93. The van der Waals surface area contributed by atoms with E-state index in [4.69, 9.17) is 0 Å². The van der Waals surface area contributed by atoms with Crippen LogP contribution in [0.3, 0.4) is 0 Å². The van der Waals surface area contributed by atoms with E-state index in [0.717, 1.165) is 12.5 Å². The maximum Gasteiger partial charge on any atom is 0.203 e. The number of aromatic nitrogens is 3. The molecule has 0 saturated heterocycles. The van der Waals surface area contributed by atoms with E-state index < -0.39 is 0 Å². The first-order valence-corrected chi connectivity index (χ1v) is 6.01. The quantitative estimate of drug-likeness (QED) is 0.874. The fourth-order valence-electron chi connectivity index (χ4n) is 1.97. The molecule has 4 nitrogen and oxygen atoms in total. The summed E-state index contributed by atoms with van der Waals surface area (Å²) in [7, 11) is 0. The second kappa shape index (κ2) is 4.20. The Balaban J connectivity index is 1.71. The fourth-order valence-corrected chi connectivity index (χ4v) is 1.97. The van der Waals surface area contributed by atoms with Crippen LogP contribution in [-0.4, -0.2) is 14.5 Å². The van der Waals surface area contributed by atoms with Gasteiger partial charge in [0, 0.05) is 37.4 Å². The zero-order valence-electron chi connectivity index (χ0n) is 9.93. The van der Waals surface area contributed by atoms with Crippen LogP contribution in [0.5, 0.6) is 0 Å². The van der Waals surface area contributed by atoms with Crippen LogP contribution >= 0.6 is 0 Å². The largest absolute Gasteiger partial charge is 0.352 e. The van der Waals surface area contributed by atoms with Gasteiger partial charge in [0.05, 0.1) is 0 Å². The van der Waals surface area contributed by atoms with Crippen molar-refractivity contribution < 1.29 is 0 Å². The molecular weight excluding hydrogens is 212 g/mol. The average Bonchev–Trinajstić information content (AvgIpc) is 3.08. The van der Waals surface area contributed by atoms with Gasteiger partial charge in [-0.25, -0.2) is 4.98 Å². The van der Waals surface area contributed by atoms with Gasteiger partial charge in [0.15, 0.2) is 0 Å². The molecule has 0 spiro atoms. The molecule has 1 fully saturated rings. The summed E-state index contributed by atoms with van der Waals surface area (Å²) in [5.41, 5.74) is 2.48. The van der Waals surface area contributed by atoms with Gasteiger partial charge in [0.2, 0.25) is 5.95 Å². The van der Waals surface area contributed by atoms with Gasteiger partial charge in [0.25, 0.3) is 0 Å². The molecule has 0 bridgehead atoms. The number of rotatable bonds is 4. The monoisotopic (exact) mass is 228 g/mol. The van der Waals surface area contributed by atoms with E-state index in [-0.39, 0.29) is 0 Å². The normalized spacial score (nSPS) is 14.9. The van der Waals surface area contributed by atoms with Crippen molar-refractivity contribution in [1.29, 1.82) is 0 Å². The van der Waals surface area contributed by atoms with Crippen LogP contribution in [0, 0.1) is 6.92 Å². The number of hydrogen-bond acceptors (Lipinski definition) is 3. The van der Waals surface area contributed by atoms with Gasteiger partial charge in [-0.1, -0.05) is 0 Å². The molecule has 1 aliphatic carbocycles. The molecule has 1 N–H and O–H groups in total. The Morgan fingerprint density at radius 1 is 1.41 bits per heavy atom. The number of anilines is 1. The van der Waals surface area contributed by atoms with Crippen LogP contribution < -0.4 is 5.32 Å². The van der Waals surface area contributed by atoms with Gasteiger partial charge >= 0.3 is 0 Å². The van der Waals surface area contributed by atoms with Gasteiger partial charge in [-0.2, -0.15) is 0 Å². The highest BCUT2D eigenvalue weighted by Crippen LogP contribution is 2.36. The van der Waals surface area contributed by atoms with Crippen LogP contribution in [0.2, 0.25) is 0 Å². The van der Waals surface area contributed by atoms with Gasteiger partial charge in [-0.15, -0.1) is 0 Å². The summed E-state index contributed by atoms with van der Waals surface area (Å²) in [6.07, 6.45) is 10.2. The Morgan fingerprint density at radius 2 is 2.29 bits per heavy atom. The van der Waals surface area contributed by atoms with Crippen molar-refractivity contribution in [3.63, 3.8) is 0 Å².